The predicted molar refractivity (Wildman–Crippen MR) is 103 cm³/mol. The summed E-state index contributed by atoms with van der Waals surface area (Å²) in [6, 6.07) is 0. The minimum Gasteiger partial charge on any atom is -0.368 e. The van der Waals surface area contributed by atoms with Crippen LogP contribution >= 0.6 is 15.2 Å². The monoisotopic (exact) mass is 417 g/mol. The van der Waals surface area contributed by atoms with Crippen LogP contribution in [0, 0.1) is 0 Å². The third kappa shape index (κ3) is 10.5. The first-order valence-electron chi connectivity index (χ1n) is 9.60. The molecule has 0 heterocycles. The molecule has 8 nitrogen and oxygen atoms in total. The first-order valence-corrected chi connectivity index (χ1v) is 12.8. The van der Waals surface area contributed by atoms with Gasteiger partial charge in [0.05, 0.1) is 0 Å². The average molecular weight is 417 g/mol. The first kappa shape index (κ1) is 26.2. The van der Waals surface area contributed by atoms with E-state index in [4.69, 9.17) is 25.3 Å². The number of unbranched alkanes of at least 4 members (excludes halogenated alkanes) is 12. The summed E-state index contributed by atoms with van der Waals surface area (Å²) in [5.74, 6) is 0. The van der Waals surface area contributed by atoms with Crippen LogP contribution in [0.25, 0.3) is 0 Å². The van der Waals surface area contributed by atoms with Crippen LogP contribution in [0.1, 0.15) is 89.9 Å². The van der Waals surface area contributed by atoms with E-state index >= 15 is 0 Å². The van der Waals surface area contributed by atoms with Crippen molar-refractivity contribution < 1.29 is 33.8 Å². The third-order valence-corrected chi connectivity index (χ3v) is 8.53. The van der Waals surface area contributed by atoms with Gasteiger partial charge in [0.2, 0.25) is 0 Å². The Balaban J connectivity index is 3.67. The molecular weight excluding hydrogens is 380 g/mol. The summed E-state index contributed by atoms with van der Waals surface area (Å²) in [6.45, 7) is 0.776. The number of hydrogen-bond donors (Lipinski definition) is 6. The van der Waals surface area contributed by atoms with Crippen LogP contribution in [0.15, 0.2) is 0 Å². The summed E-state index contributed by atoms with van der Waals surface area (Å²) in [7, 11) is -10.6. The van der Waals surface area contributed by atoms with Gasteiger partial charge in [-0.05, 0) is 25.8 Å². The molecule has 0 spiro atoms. The van der Waals surface area contributed by atoms with Crippen LogP contribution in [0.3, 0.4) is 0 Å². The van der Waals surface area contributed by atoms with Crippen LogP contribution in [-0.4, -0.2) is 36.3 Å². The van der Waals surface area contributed by atoms with Crippen molar-refractivity contribution in [1.29, 1.82) is 0 Å². The Bertz CT molecular complexity index is 428. The highest BCUT2D eigenvalue weighted by Crippen LogP contribution is 2.69. The molecule has 0 aromatic carbocycles. The van der Waals surface area contributed by atoms with E-state index < -0.39 is 26.7 Å². The number of rotatable bonds is 17. The molecule has 158 valence electrons. The number of hydrogen-bond acceptors (Lipinski definition) is 4. The summed E-state index contributed by atoms with van der Waals surface area (Å²) in [6.07, 6.45) is 12.7. The zero-order chi connectivity index (χ0) is 20.1. The standard InChI is InChI=1S/C16H37NO7P2/c17-15-13-11-9-7-5-3-1-2-4-6-8-10-12-14-16(18,25(19,20)21)26(22,23)24/h18H,1-15,17H2,(H2,19,20,21)(H2,22,23,24). The summed E-state index contributed by atoms with van der Waals surface area (Å²) in [5.41, 5.74) is 5.45. The Labute approximate surface area is 156 Å². The van der Waals surface area contributed by atoms with E-state index in [1.54, 1.807) is 0 Å². The highest BCUT2D eigenvalue weighted by Gasteiger charge is 2.58. The van der Waals surface area contributed by atoms with Gasteiger partial charge in [-0.15, -0.1) is 0 Å². The van der Waals surface area contributed by atoms with E-state index in [1.165, 1.54) is 38.5 Å². The molecule has 0 aromatic rings. The molecule has 0 saturated heterocycles. The lowest BCUT2D eigenvalue weighted by Gasteiger charge is -2.29. The van der Waals surface area contributed by atoms with Crippen LogP contribution in [0.4, 0.5) is 0 Å². The van der Waals surface area contributed by atoms with Crippen molar-refractivity contribution in [2.24, 2.45) is 5.73 Å². The van der Waals surface area contributed by atoms with Crippen molar-refractivity contribution in [2.45, 2.75) is 95.0 Å². The van der Waals surface area contributed by atoms with E-state index in [9.17, 15) is 14.2 Å². The Morgan fingerprint density at radius 3 is 1.12 bits per heavy atom. The first-order chi connectivity index (χ1) is 12.1. The Morgan fingerprint density at radius 2 is 0.846 bits per heavy atom. The molecule has 7 N–H and O–H groups in total. The van der Waals surface area contributed by atoms with E-state index in [-0.39, 0.29) is 6.42 Å². The Hall–Kier alpha value is 0.220. The largest absolute Gasteiger partial charge is 0.369 e. The van der Waals surface area contributed by atoms with Crippen LogP contribution < -0.4 is 5.73 Å². The summed E-state index contributed by atoms with van der Waals surface area (Å²) < 4.78 is 22.4. The topological polar surface area (TPSA) is 161 Å². The highest BCUT2D eigenvalue weighted by atomic mass is 31.2. The summed E-state index contributed by atoms with van der Waals surface area (Å²) >= 11 is 0. The summed E-state index contributed by atoms with van der Waals surface area (Å²) in [5, 5.41) is 6.48. The zero-order valence-electron chi connectivity index (χ0n) is 15.6. The number of aliphatic hydroxyl groups is 1. The molecule has 0 saturated carbocycles. The second kappa shape index (κ2) is 13.4. The minimum absolute atomic E-state index is 0.162. The maximum Gasteiger partial charge on any atom is 0.369 e. The third-order valence-electron chi connectivity index (χ3n) is 4.65. The molecular formula is C16H37NO7P2. The smallest absolute Gasteiger partial charge is 0.368 e. The molecule has 0 unspecified atom stereocenters. The van der Waals surface area contributed by atoms with E-state index in [0.717, 1.165) is 38.6 Å². The lowest BCUT2D eigenvalue weighted by Crippen LogP contribution is -2.28. The molecule has 0 aliphatic rings. The fourth-order valence-electron chi connectivity index (χ4n) is 2.91. The van der Waals surface area contributed by atoms with Gasteiger partial charge < -0.3 is 30.4 Å². The van der Waals surface area contributed by atoms with Gasteiger partial charge in [0, 0.05) is 0 Å². The van der Waals surface area contributed by atoms with Gasteiger partial charge in [0.25, 0.3) is 5.08 Å². The molecule has 0 fully saturated rings. The van der Waals surface area contributed by atoms with Crippen molar-refractivity contribution in [3.63, 3.8) is 0 Å². The van der Waals surface area contributed by atoms with E-state index in [2.05, 4.69) is 0 Å². The van der Waals surface area contributed by atoms with Gasteiger partial charge in [-0.3, -0.25) is 9.13 Å². The molecule has 0 aliphatic carbocycles. The van der Waals surface area contributed by atoms with Gasteiger partial charge in [0.15, 0.2) is 0 Å². The fraction of sp³-hybridized carbons (Fsp3) is 1.00. The van der Waals surface area contributed by atoms with Gasteiger partial charge in [-0.2, -0.15) is 0 Å². The van der Waals surface area contributed by atoms with Crippen molar-refractivity contribution in [3.05, 3.63) is 0 Å². The maximum absolute atomic E-state index is 11.2. The van der Waals surface area contributed by atoms with Gasteiger partial charge in [0.1, 0.15) is 0 Å². The van der Waals surface area contributed by atoms with E-state index in [1.807, 2.05) is 0 Å². The SMILES string of the molecule is NCCCCCCCCCCCCCCCC(O)(P(=O)(O)O)P(=O)(O)O. The molecule has 0 rings (SSSR count). The molecule has 0 amide bonds. The van der Waals surface area contributed by atoms with Crippen molar-refractivity contribution in [3.8, 4) is 0 Å². The maximum atomic E-state index is 11.2. The zero-order valence-corrected chi connectivity index (χ0v) is 17.4. The van der Waals surface area contributed by atoms with Crippen LogP contribution in [0.2, 0.25) is 0 Å². The molecule has 0 bridgehead atoms. The lowest BCUT2D eigenvalue weighted by molar-refractivity contribution is 0.120. The second-order valence-electron chi connectivity index (χ2n) is 7.00. The predicted octanol–water partition coefficient (Wildman–Crippen LogP) is 3.41. The molecule has 10 heteroatoms. The van der Waals surface area contributed by atoms with Gasteiger partial charge in [-0.25, -0.2) is 0 Å². The fourth-order valence-corrected chi connectivity index (χ4v) is 5.17. The van der Waals surface area contributed by atoms with Crippen molar-refractivity contribution in [2.75, 3.05) is 6.54 Å². The quantitative estimate of drug-likeness (QED) is 0.155. The van der Waals surface area contributed by atoms with Crippen molar-refractivity contribution >= 4 is 15.2 Å². The molecule has 0 aliphatic heterocycles. The average Bonchev–Trinajstić information content (AvgIpc) is 2.52. The molecule has 0 atom stereocenters. The Kier molecular flexibility index (Phi) is 13.5. The second-order valence-corrected chi connectivity index (χ2v) is 11.0. The highest BCUT2D eigenvalue weighted by molar-refractivity contribution is 7.72. The lowest BCUT2D eigenvalue weighted by atomic mass is 10.0. The van der Waals surface area contributed by atoms with Gasteiger partial charge >= 0.3 is 15.2 Å². The Morgan fingerprint density at radius 1 is 0.577 bits per heavy atom. The normalized spacial score (nSPS) is 13.3. The van der Waals surface area contributed by atoms with Crippen LogP contribution in [-0.2, 0) is 9.13 Å². The van der Waals surface area contributed by atoms with Crippen molar-refractivity contribution in [1.82, 2.24) is 0 Å². The van der Waals surface area contributed by atoms with Crippen LogP contribution in [0.5, 0.6) is 0 Å². The van der Waals surface area contributed by atoms with E-state index in [0.29, 0.717) is 6.42 Å². The molecule has 0 aromatic heterocycles. The van der Waals surface area contributed by atoms with Gasteiger partial charge in [-0.1, -0.05) is 70.6 Å². The molecule has 0 radical (unpaired) electrons. The number of nitrogens with two attached hydrogens (primary N) is 1. The minimum atomic E-state index is -5.31. The summed E-state index contributed by atoms with van der Waals surface area (Å²) in [4.78, 5) is 36.2. The molecule has 26 heavy (non-hydrogen) atoms.